The van der Waals surface area contributed by atoms with Crippen LogP contribution in [0, 0.1) is 11.8 Å². The zero-order valence-electron chi connectivity index (χ0n) is 12.2. The number of aliphatic hydroxyl groups excluding tert-OH is 1. The number of methoxy groups -OCH3 is 1. The largest absolute Gasteiger partial charge is 0.395 e. The van der Waals surface area contributed by atoms with Crippen molar-refractivity contribution in [3.8, 4) is 11.8 Å². The summed E-state index contributed by atoms with van der Waals surface area (Å²) in [5.41, 5.74) is 0.477. The molecule has 0 aliphatic heterocycles. The third-order valence-electron chi connectivity index (χ3n) is 2.72. The smallest absolute Gasteiger partial charge is 0.223 e. The van der Waals surface area contributed by atoms with E-state index in [1.54, 1.807) is 18.4 Å². The summed E-state index contributed by atoms with van der Waals surface area (Å²) < 4.78 is 5.22. The molecule has 1 aromatic heterocycles. The van der Waals surface area contributed by atoms with E-state index in [2.05, 4.69) is 17.2 Å². The number of thiophene rings is 1. The number of nitrogens with one attached hydrogen (secondary N) is 1. The van der Waals surface area contributed by atoms with Crippen LogP contribution in [-0.2, 0) is 16.1 Å². The molecule has 0 unspecified atom stereocenters. The molecule has 0 aromatic carbocycles. The lowest BCUT2D eigenvalue weighted by molar-refractivity contribution is -0.126. The molecule has 0 saturated carbocycles. The molecular formula is C15H21NO3S. The lowest BCUT2D eigenvalue weighted by Gasteiger charge is -2.21. The van der Waals surface area contributed by atoms with Crippen molar-refractivity contribution in [2.45, 2.75) is 38.8 Å². The van der Waals surface area contributed by atoms with Gasteiger partial charge in [0.05, 0.1) is 25.2 Å². The van der Waals surface area contributed by atoms with E-state index in [9.17, 15) is 4.79 Å². The summed E-state index contributed by atoms with van der Waals surface area (Å²) in [6, 6.07) is 1.96. The Hall–Kier alpha value is -1.35. The van der Waals surface area contributed by atoms with Crippen LogP contribution in [0.4, 0.5) is 0 Å². The highest BCUT2D eigenvalue weighted by Gasteiger charge is 2.20. The summed E-state index contributed by atoms with van der Waals surface area (Å²) >= 11 is 1.56. The highest BCUT2D eigenvalue weighted by atomic mass is 32.1. The summed E-state index contributed by atoms with van der Waals surface area (Å²) in [6.07, 6.45) is 0.812. The first-order valence-corrected chi connectivity index (χ1v) is 7.34. The topological polar surface area (TPSA) is 58.6 Å². The van der Waals surface area contributed by atoms with Crippen molar-refractivity contribution in [2.24, 2.45) is 0 Å². The van der Waals surface area contributed by atoms with E-state index in [0.29, 0.717) is 19.4 Å². The van der Waals surface area contributed by atoms with Gasteiger partial charge in [0.15, 0.2) is 0 Å². The van der Waals surface area contributed by atoms with Crippen molar-refractivity contribution in [3.63, 3.8) is 0 Å². The first kappa shape index (κ1) is 16.7. The summed E-state index contributed by atoms with van der Waals surface area (Å²) in [5, 5.41) is 13.5. The quantitative estimate of drug-likeness (QED) is 0.788. The SMILES string of the molecule is COC(C)(C)CC(=O)NCc1cc(C#CCCO)cs1. The van der Waals surface area contributed by atoms with Crippen molar-refractivity contribution in [2.75, 3.05) is 13.7 Å². The Bertz CT molecular complexity index is 497. The Morgan fingerprint density at radius 1 is 1.55 bits per heavy atom. The zero-order valence-corrected chi connectivity index (χ0v) is 13.0. The molecule has 2 N–H and O–H groups in total. The van der Waals surface area contributed by atoms with E-state index in [-0.39, 0.29) is 12.5 Å². The van der Waals surface area contributed by atoms with Gasteiger partial charge in [0, 0.05) is 29.4 Å². The Morgan fingerprint density at radius 3 is 2.95 bits per heavy atom. The lowest BCUT2D eigenvalue weighted by atomic mass is 10.1. The monoisotopic (exact) mass is 295 g/mol. The minimum atomic E-state index is -0.444. The van der Waals surface area contributed by atoms with Gasteiger partial charge in [-0.05, 0) is 19.9 Å². The van der Waals surface area contributed by atoms with Gasteiger partial charge in [0.25, 0.3) is 0 Å². The van der Waals surface area contributed by atoms with Gasteiger partial charge in [0.1, 0.15) is 0 Å². The number of amides is 1. The molecule has 110 valence electrons. The van der Waals surface area contributed by atoms with E-state index in [1.807, 2.05) is 25.3 Å². The fourth-order valence-electron chi connectivity index (χ4n) is 1.47. The van der Waals surface area contributed by atoms with Gasteiger partial charge < -0.3 is 15.2 Å². The van der Waals surface area contributed by atoms with Crippen molar-refractivity contribution in [1.29, 1.82) is 0 Å². The molecule has 1 amide bonds. The van der Waals surface area contributed by atoms with Crippen molar-refractivity contribution >= 4 is 17.2 Å². The average molecular weight is 295 g/mol. The van der Waals surface area contributed by atoms with E-state index in [4.69, 9.17) is 9.84 Å². The third kappa shape index (κ3) is 6.20. The summed E-state index contributed by atoms with van der Waals surface area (Å²) in [6.45, 7) is 4.35. The van der Waals surface area contributed by atoms with E-state index < -0.39 is 5.60 Å². The van der Waals surface area contributed by atoms with Crippen LogP contribution in [-0.4, -0.2) is 30.3 Å². The molecule has 5 heteroatoms. The second-order valence-electron chi connectivity index (χ2n) is 4.99. The highest BCUT2D eigenvalue weighted by Crippen LogP contribution is 2.15. The maximum atomic E-state index is 11.8. The Kier molecular flexibility index (Phi) is 6.73. The minimum absolute atomic E-state index is 0.0295. The van der Waals surface area contributed by atoms with Gasteiger partial charge in [-0.3, -0.25) is 4.79 Å². The van der Waals surface area contributed by atoms with Gasteiger partial charge in [-0.25, -0.2) is 0 Å². The van der Waals surface area contributed by atoms with Crippen LogP contribution in [0.3, 0.4) is 0 Å². The number of aliphatic hydroxyl groups is 1. The number of rotatable bonds is 6. The Balaban J connectivity index is 2.43. The van der Waals surface area contributed by atoms with Crippen LogP contribution in [0.2, 0.25) is 0 Å². The first-order chi connectivity index (χ1) is 9.46. The molecule has 0 spiro atoms. The maximum Gasteiger partial charge on any atom is 0.223 e. The lowest BCUT2D eigenvalue weighted by Crippen LogP contribution is -2.33. The van der Waals surface area contributed by atoms with Crippen molar-refractivity contribution in [3.05, 3.63) is 21.9 Å². The van der Waals surface area contributed by atoms with E-state index >= 15 is 0 Å². The second kappa shape index (κ2) is 8.05. The zero-order chi connectivity index (χ0) is 15.0. The number of ether oxygens (including phenoxy) is 1. The molecular weight excluding hydrogens is 274 g/mol. The van der Waals surface area contributed by atoms with Crippen LogP contribution < -0.4 is 5.32 Å². The average Bonchev–Trinajstić information content (AvgIpc) is 2.84. The number of hydrogen-bond acceptors (Lipinski definition) is 4. The van der Waals surface area contributed by atoms with Gasteiger partial charge >= 0.3 is 0 Å². The summed E-state index contributed by atoms with van der Waals surface area (Å²) in [5.74, 6) is 5.81. The predicted octanol–water partition coefficient (Wildman–Crippen LogP) is 1.91. The normalized spacial score (nSPS) is 10.8. The molecule has 1 aromatic rings. The van der Waals surface area contributed by atoms with Gasteiger partial charge in [0.2, 0.25) is 5.91 Å². The Morgan fingerprint density at radius 2 is 2.30 bits per heavy atom. The molecule has 0 bridgehead atoms. The van der Waals surface area contributed by atoms with Gasteiger partial charge in [-0.1, -0.05) is 11.8 Å². The van der Waals surface area contributed by atoms with Crippen LogP contribution in [0.25, 0.3) is 0 Å². The number of carbonyl (C=O) groups excluding carboxylic acids is 1. The second-order valence-corrected chi connectivity index (χ2v) is 5.99. The fraction of sp³-hybridized carbons (Fsp3) is 0.533. The molecule has 20 heavy (non-hydrogen) atoms. The van der Waals surface area contributed by atoms with Gasteiger partial charge in [-0.15, -0.1) is 11.3 Å². The summed E-state index contributed by atoms with van der Waals surface area (Å²) in [7, 11) is 1.60. The molecule has 0 saturated heterocycles. The predicted molar refractivity (Wildman–Crippen MR) is 80.5 cm³/mol. The van der Waals surface area contributed by atoms with Crippen molar-refractivity contribution < 1.29 is 14.6 Å². The van der Waals surface area contributed by atoms with Crippen molar-refractivity contribution in [1.82, 2.24) is 5.32 Å². The number of hydrogen-bond donors (Lipinski definition) is 2. The van der Waals surface area contributed by atoms with E-state index in [0.717, 1.165) is 10.4 Å². The third-order valence-corrected chi connectivity index (χ3v) is 3.66. The van der Waals surface area contributed by atoms with Crippen LogP contribution in [0.1, 0.15) is 37.1 Å². The molecule has 1 heterocycles. The van der Waals surface area contributed by atoms with Crippen LogP contribution in [0.15, 0.2) is 11.4 Å². The molecule has 0 aliphatic carbocycles. The standard InChI is InChI=1S/C15H21NO3S/c1-15(2,19-3)9-14(18)16-10-13-8-12(11-20-13)6-4-5-7-17/h8,11,17H,5,7,9-10H2,1-3H3,(H,16,18). The molecule has 4 nitrogen and oxygen atoms in total. The van der Waals surface area contributed by atoms with Crippen LogP contribution in [0.5, 0.6) is 0 Å². The first-order valence-electron chi connectivity index (χ1n) is 6.46. The number of carbonyl (C=O) groups is 1. The summed E-state index contributed by atoms with van der Waals surface area (Å²) in [4.78, 5) is 12.8. The maximum absolute atomic E-state index is 11.8. The molecule has 1 rings (SSSR count). The highest BCUT2D eigenvalue weighted by molar-refractivity contribution is 7.10. The molecule has 0 radical (unpaired) electrons. The molecule has 0 aliphatic rings. The fourth-order valence-corrected chi connectivity index (χ4v) is 2.22. The molecule has 0 fully saturated rings. The molecule has 0 atom stereocenters. The van der Waals surface area contributed by atoms with Crippen LogP contribution >= 0.6 is 11.3 Å². The Labute approximate surface area is 124 Å². The minimum Gasteiger partial charge on any atom is -0.395 e. The van der Waals surface area contributed by atoms with E-state index in [1.165, 1.54) is 0 Å². The van der Waals surface area contributed by atoms with Gasteiger partial charge in [-0.2, -0.15) is 0 Å².